The van der Waals surface area contributed by atoms with Crippen LogP contribution in [0, 0.1) is 0 Å². The molecule has 0 aliphatic carbocycles. The lowest BCUT2D eigenvalue weighted by Gasteiger charge is -2.09. The van der Waals surface area contributed by atoms with Gasteiger partial charge in [0.15, 0.2) is 0 Å². The Morgan fingerprint density at radius 2 is 1.54 bits per heavy atom. The number of thiophene rings is 1. The second-order valence-electron chi connectivity index (χ2n) is 6.91. The van der Waals surface area contributed by atoms with Crippen molar-refractivity contribution in [2.24, 2.45) is 0 Å². The molecule has 0 aliphatic rings. The van der Waals surface area contributed by atoms with Gasteiger partial charge in [-0.2, -0.15) is 0 Å². The highest BCUT2D eigenvalue weighted by molar-refractivity contribution is 7.17. The monoisotopic (exact) mass is 376 g/mol. The second kappa shape index (κ2) is 6.04. The van der Waals surface area contributed by atoms with Gasteiger partial charge in [0, 0.05) is 27.1 Å². The Kier molecular flexibility index (Phi) is 3.37. The van der Waals surface area contributed by atoms with E-state index < -0.39 is 0 Å². The molecule has 6 rings (SSSR count). The Morgan fingerprint density at radius 1 is 0.679 bits per heavy atom. The van der Waals surface area contributed by atoms with Crippen molar-refractivity contribution in [1.29, 1.82) is 0 Å². The summed E-state index contributed by atoms with van der Waals surface area (Å²) in [5.74, 6) is 0.946. The third-order valence-electron chi connectivity index (χ3n) is 5.35. The van der Waals surface area contributed by atoms with Gasteiger partial charge in [-0.3, -0.25) is 4.57 Å². The normalized spacial score (nSPS) is 11.6. The Bertz CT molecular complexity index is 1460. The molecule has 0 saturated heterocycles. The van der Waals surface area contributed by atoms with Gasteiger partial charge in [-0.15, -0.1) is 11.3 Å². The minimum Gasteiger partial charge on any atom is -0.294 e. The molecule has 3 aromatic carbocycles. The van der Waals surface area contributed by atoms with Gasteiger partial charge in [-0.25, -0.2) is 4.98 Å². The minimum atomic E-state index is 0.946. The third kappa shape index (κ3) is 2.23. The highest BCUT2D eigenvalue weighted by Crippen LogP contribution is 2.38. The lowest BCUT2D eigenvalue weighted by atomic mass is 10.1. The Balaban J connectivity index is 1.71. The molecule has 0 aliphatic heterocycles. The summed E-state index contributed by atoms with van der Waals surface area (Å²) in [6.07, 6.45) is 1.90. The van der Waals surface area contributed by atoms with E-state index in [1.165, 1.54) is 43.0 Å². The molecular formula is C25H16N2S. The van der Waals surface area contributed by atoms with Crippen LogP contribution in [0.5, 0.6) is 0 Å². The SMILES string of the molecule is c1ccc(-c2ccnc(-n3c4ccccc4c4c5ccsc5ccc43)c2)cc1. The molecule has 132 valence electrons. The van der Waals surface area contributed by atoms with E-state index in [1.54, 1.807) is 11.3 Å². The molecule has 3 aromatic heterocycles. The van der Waals surface area contributed by atoms with Crippen LogP contribution in [0.2, 0.25) is 0 Å². The fourth-order valence-corrected chi connectivity index (χ4v) is 4.90. The van der Waals surface area contributed by atoms with Gasteiger partial charge in [-0.1, -0.05) is 48.5 Å². The molecule has 0 bridgehead atoms. The van der Waals surface area contributed by atoms with Crippen LogP contribution < -0.4 is 0 Å². The summed E-state index contributed by atoms with van der Waals surface area (Å²) in [4.78, 5) is 4.74. The zero-order chi connectivity index (χ0) is 18.5. The summed E-state index contributed by atoms with van der Waals surface area (Å²) < 4.78 is 3.61. The average molecular weight is 376 g/mol. The van der Waals surface area contributed by atoms with Crippen LogP contribution in [0.4, 0.5) is 0 Å². The van der Waals surface area contributed by atoms with Crippen LogP contribution in [0.3, 0.4) is 0 Å². The quantitative estimate of drug-likeness (QED) is 0.316. The summed E-state index contributed by atoms with van der Waals surface area (Å²) >= 11 is 1.79. The van der Waals surface area contributed by atoms with Gasteiger partial charge in [0.25, 0.3) is 0 Å². The van der Waals surface area contributed by atoms with Crippen molar-refractivity contribution in [2.45, 2.75) is 0 Å². The predicted octanol–water partition coefficient (Wildman–Crippen LogP) is 7.06. The number of para-hydroxylation sites is 1. The van der Waals surface area contributed by atoms with E-state index in [1.807, 2.05) is 12.3 Å². The molecule has 3 heterocycles. The maximum absolute atomic E-state index is 4.74. The number of aromatic nitrogens is 2. The van der Waals surface area contributed by atoms with Gasteiger partial charge in [-0.05, 0) is 52.9 Å². The van der Waals surface area contributed by atoms with Crippen LogP contribution in [-0.4, -0.2) is 9.55 Å². The van der Waals surface area contributed by atoms with Crippen molar-refractivity contribution < 1.29 is 0 Å². The largest absolute Gasteiger partial charge is 0.294 e. The van der Waals surface area contributed by atoms with E-state index in [0.29, 0.717) is 0 Å². The highest BCUT2D eigenvalue weighted by Gasteiger charge is 2.15. The summed E-state index contributed by atoms with van der Waals surface area (Å²) in [7, 11) is 0. The summed E-state index contributed by atoms with van der Waals surface area (Å²) in [5.41, 5.74) is 4.76. The first kappa shape index (κ1) is 15.6. The standard InChI is InChI=1S/C25H16N2S/c1-2-6-17(7-3-1)18-12-14-26-24(16-18)27-21-9-5-4-8-19(21)25-20-13-15-28-23(20)11-10-22(25)27/h1-16H. The van der Waals surface area contributed by atoms with Crippen molar-refractivity contribution in [3.8, 4) is 16.9 Å². The molecule has 2 nitrogen and oxygen atoms in total. The number of hydrogen-bond donors (Lipinski definition) is 0. The van der Waals surface area contributed by atoms with Crippen LogP contribution >= 0.6 is 11.3 Å². The zero-order valence-corrected chi connectivity index (χ0v) is 15.9. The molecule has 0 fully saturated rings. The first-order valence-electron chi connectivity index (χ1n) is 9.31. The van der Waals surface area contributed by atoms with Crippen LogP contribution in [0.15, 0.2) is 96.5 Å². The van der Waals surface area contributed by atoms with Crippen LogP contribution in [0.1, 0.15) is 0 Å². The summed E-state index contributed by atoms with van der Waals surface area (Å²) in [6.45, 7) is 0. The van der Waals surface area contributed by atoms with Gasteiger partial charge >= 0.3 is 0 Å². The number of rotatable bonds is 2. The third-order valence-corrected chi connectivity index (χ3v) is 6.23. The second-order valence-corrected chi connectivity index (χ2v) is 7.86. The van der Waals surface area contributed by atoms with Crippen molar-refractivity contribution in [3.63, 3.8) is 0 Å². The zero-order valence-electron chi connectivity index (χ0n) is 15.0. The van der Waals surface area contributed by atoms with Crippen molar-refractivity contribution in [2.75, 3.05) is 0 Å². The van der Waals surface area contributed by atoms with Crippen molar-refractivity contribution >= 4 is 43.2 Å². The fourth-order valence-electron chi connectivity index (χ4n) is 4.11. The lowest BCUT2D eigenvalue weighted by Crippen LogP contribution is -1.97. The van der Waals surface area contributed by atoms with Gasteiger partial charge < -0.3 is 0 Å². The van der Waals surface area contributed by atoms with Crippen molar-refractivity contribution in [3.05, 3.63) is 96.5 Å². The number of benzene rings is 3. The molecule has 0 N–H and O–H groups in total. The fraction of sp³-hybridized carbons (Fsp3) is 0. The maximum Gasteiger partial charge on any atom is 0.138 e. The minimum absolute atomic E-state index is 0.946. The van der Waals surface area contributed by atoms with E-state index >= 15 is 0 Å². The smallest absolute Gasteiger partial charge is 0.138 e. The molecular weight excluding hydrogens is 360 g/mol. The molecule has 6 aromatic rings. The summed E-state index contributed by atoms with van der Waals surface area (Å²) in [6, 6.07) is 30.0. The highest BCUT2D eigenvalue weighted by atomic mass is 32.1. The van der Waals surface area contributed by atoms with Gasteiger partial charge in [0.05, 0.1) is 11.0 Å². The average Bonchev–Trinajstić information content (AvgIpc) is 3.36. The van der Waals surface area contributed by atoms with E-state index in [2.05, 4.69) is 88.8 Å². The first-order chi connectivity index (χ1) is 13.9. The molecule has 0 amide bonds. The number of fused-ring (bicyclic) bond motifs is 5. The number of pyridine rings is 1. The molecule has 0 unspecified atom stereocenters. The molecule has 0 saturated carbocycles. The van der Waals surface area contributed by atoms with E-state index in [9.17, 15) is 0 Å². The molecule has 28 heavy (non-hydrogen) atoms. The Hall–Kier alpha value is -3.43. The van der Waals surface area contributed by atoms with Gasteiger partial charge in [0.2, 0.25) is 0 Å². The van der Waals surface area contributed by atoms with Crippen LogP contribution in [0.25, 0.3) is 48.8 Å². The maximum atomic E-state index is 4.74. The predicted molar refractivity (Wildman–Crippen MR) is 119 cm³/mol. The Morgan fingerprint density at radius 3 is 2.46 bits per heavy atom. The first-order valence-corrected chi connectivity index (χ1v) is 10.2. The Labute approximate surface area is 166 Å². The molecule has 0 spiro atoms. The number of hydrogen-bond acceptors (Lipinski definition) is 2. The molecule has 3 heteroatoms. The van der Waals surface area contributed by atoms with Crippen molar-refractivity contribution in [1.82, 2.24) is 9.55 Å². The van der Waals surface area contributed by atoms with E-state index in [0.717, 1.165) is 5.82 Å². The lowest BCUT2D eigenvalue weighted by molar-refractivity contribution is 1.08. The molecule has 0 radical (unpaired) electrons. The van der Waals surface area contributed by atoms with E-state index in [-0.39, 0.29) is 0 Å². The summed E-state index contributed by atoms with van der Waals surface area (Å²) in [5, 5.41) is 6.07. The topological polar surface area (TPSA) is 17.8 Å². The molecule has 0 atom stereocenters. The van der Waals surface area contributed by atoms with Gasteiger partial charge in [0.1, 0.15) is 5.82 Å². The van der Waals surface area contributed by atoms with E-state index in [4.69, 9.17) is 4.98 Å². The van der Waals surface area contributed by atoms with Crippen LogP contribution in [-0.2, 0) is 0 Å². The number of nitrogens with zero attached hydrogens (tertiary/aromatic N) is 2.